The van der Waals surface area contributed by atoms with Crippen LogP contribution in [0.1, 0.15) is 45.1 Å². The minimum Gasteiger partial charge on any atom is -0.508 e. The summed E-state index contributed by atoms with van der Waals surface area (Å²) in [5.41, 5.74) is 1.13. The van der Waals surface area contributed by atoms with E-state index in [0.717, 1.165) is 5.56 Å². The SMILES string of the molecule is CC1(C)CCCCC1NCc1c(O)cccc1Cl. The molecule has 18 heavy (non-hydrogen) atoms. The van der Waals surface area contributed by atoms with Gasteiger partial charge < -0.3 is 10.4 Å². The van der Waals surface area contributed by atoms with Crippen LogP contribution in [0.25, 0.3) is 0 Å². The number of nitrogens with one attached hydrogen (secondary N) is 1. The number of halogens is 1. The number of hydrogen-bond acceptors (Lipinski definition) is 2. The lowest BCUT2D eigenvalue weighted by Crippen LogP contribution is -2.43. The highest BCUT2D eigenvalue weighted by atomic mass is 35.5. The van der Waals surface area contributed by atoms with Crippen LogP contribution in [-0.2, 0) is 6.54 Å². The van der Waals surface area contributed by atoms with Crippen molar-refractivity contribution in [3.8, 4) is 5.75 Å². The molecule has 1 saturated carbocycles. The maximum atomic E-state index is 9.83. The molecule has 0 heterocycles. The van der Waals surface area contributed by atoms with Crippen LogP contribution in [0.15, 0.2) is 18.2 Å². The summed E-state index contributed by atoms with van der Waals surface area (Å²) in [5.74, 6) is 0.281. The Kier molecular flexibility index (Phi) is 4.18. The van der Waals surface area contributed by atoms with Crippen LogP contribution >= 0.6 is 11.6 Å². The van der Waals surface area contributed by atoms with Gasteiger partial charge in [0.2, 0.25) is 0 Å². The van der Waals surface area contributed by atoms with Crippen LogP contribution < -0.4 is 5.32 Å². The molecule has 0 radical (unpaired) electrons. The number of phenolic OH excluding ortho intramolecular Hbond substituents is 1. The molecular formula is C15H22ClNO. The first-order valence-electron chi connectivity index (χ1n) is 6.70. The van der Waals surface area contributed by atoms with Crippen LogP contribution in [0.2, 0.25) is 5.02 Å². The van der Waals surface area contributed by atoms with Crippen molar-refractivity contribution in [1.29, 1.82) is 0 Å². The Morgan fingerprint density at radius 3 is 2.83 bits per heavy atom. The molecule has 0 amide bonds. The van der Waals surface area contributed by atoms with Crippen molar-refractivity contribution in [3.05, 3.63) is 28.8 Å². The fourth-order valence-corrected chi connectivity index (χ4v) is 3.06. The first kappa shape index (κ1) is 13.7. The second-order valence-electron chi connectivity index (χ2n) is 5.91. The molecule has 1 aliphatic carbocycles. The lowest BCUT2D eigenvalue weighted by Gasteiger charge is -2.39. The molecule has 1 aromatic rings. The smallest absolute Gasteiger partial charge is 0.121 e. The summed E-state index contributed by atoms with van der Waals surface area (Å²) in [5, 5.41) is 14.0. The molecule has 0 saturated heterocycles. The molecule has 0 aromatic heterocycles. The topological polar surface area (TPSA) is 32.3 Å². The maximum Gasteiger partial charge on any atom is 0.121 e. The lowest BCUT2D eigenvalue weighted by atomic mass is 9.73. The number of hydrogen-bond donors (Lipinski definition) is 2. The first-order valence-corrected chi connectivity index (χ1v) is 7.08. The first-order chi connectivity index (χ1) is 8.50. The zero-order valence-corrected chi connectivity index (χ0v) is 11.9. The van der Waals surface area contributed by atoms with Gasteiger partial charge >= 0.3 is 0 Å². The van der Waals surface area contributed by atoms with Gasteiger partial charge in [0.1, 0.15) is 5.75 Å². The highest BCUT2D eigenvalue weighted by molar-refractivity contribution is 6.31. The highest BCUT2D eigenvalue weighted by Crippen LogP contribution is 2.36. The molecule has 0 aliphatic heterocycles. The second kappa shape index (κ2) is 5.50. The molecule has 1 aliphatic rings. The van der Waals surface area contributed by atoms with Gasteiger partial charge in [0.25, 0.3) is 0 Å². The van der Waals surface area contributed by atoms with Gasteiger partial charge in [0.05, 0.1) is 0 Å². The van der Waals surface area contributed by atoms with Gasteiger partial charge in [-0.05, 0) is 30.4 Å². The summed E-state index contributed by atoms with van der Waals surface area (Å²) in [6.45, 7) is 5.27. The molecule has 100 valence electrons. The Morgan fingerprint density at radius 2 is 2.17 bits per heavy atom. The van der Waals surface area contributed by atoms with Gasteiger partial charge in [-0.15, -0.1) is 0 Å². The van der Waals surface area contributed by atoms with Crippen LogP contribution in [0.5, 0.6) is 5.75 Å². The Balaban J connectivity index is 2.03. The van der Waals surface area contributed by atoms with E-state index in [4.69, 9.17) is 11.6 Å². The van der Waals surface area contributed by atoms with E-state index in [9.17, 15) is 5.11 Å². The van der Waals surface area contributed by atoms with Crippen molar-refractivity contribution in [2.45, 2.75) is 52.1 Å². The molecule has 1 fully saturated rings. The van der Waals surface area contributed by atoms with E-state index in [1.165, 1.54) is 25.7 Å². The Hall–Kier alpha value is -0.730. The monoisotopic (exact) mass is 267 g/mol. The number of phenols is 1. The molecule has 2 rings (SSSR count). The predicted molar refractivity (Wildman–Crippen MR) is 76.0 cm³/mol. The van der Waals surface area contributed by atoms with Gasteiger partial charge in [-0.25, -0.2) is 0 Å². The summed E-state index contributed by atoms with van der Waals surface area (Å²) < 4.78 is 0. The second-order valence-corrected chi connectivity index (χ2v) is 6.31. The molecule has 2 nitrogen and oxygen atoms in total. The summed E-state index contributed by atoms with van der Waals surface area (Å²) >= 11 is 6.12. The maximum absolute atomic E-state index is 9.83. The molecule has 0 bridgehead atoms. The Morgan fingerprint density at radius 1 is 1.39 bits per heavy atom. The third-order valence-electron chi connectivity index (χ3n) is 4.13. The van der Waals surface area contributed by atoms with Crippen molar-refractivity contribution in [3.63, 3.8) is 0 Å². The van der Waals surface area contributed by atoms with Crippen LogP contribution in [-0.4, -0.2) is 11.1 Å². The minimum atomic E-state index is 0.281. The summed E-state index contributed by atoms with van der Waals surface area (Å²) in [4.78, 5) is 0. The van der Waals surface area contributed by atoms with Crippen molar-refractivity contribution in [2.75, 3.05) is 0 Å². The van der Waals surface area contributed by atoms with Crippen LogP contribution in [0, 0.1) is 5.41 Å². The molecule has 0 spiro atoms. The highest BCUT2D eigenvalue weighted by Gasteiger charge is 2.31. The van der Waals surface area contributed by atoms with Crippen molar-refractivity contribution in [1.82, 2.24) is 5.32 Å². The van der Waals surface area contributed by atoms with E-state index in [1.807, 2.05) is 6.07 Å². The number of rotatable bonds is 3. The average molecular weight is 268 g/mol. The zero-order valence-electron chi connectivity index (χ0n) is 11.2. The third-order valence-corrected chi connectivity index (χ3v) is 4.48. The Bertz CT molecular complexity index is 397. The van der Waals surface area contributed by atoms with Gasteiger partial charge in [0.15, 0.2) is 0 Å². The van der Waals surface area contributed by atoms with Gasteiger partial charge in [-0.3, -0.25) is 0 Å². The van der Waals surface area contributed by atoms with Crippen molar-refractivity contribution < 1.29 is 5.11 Å². The largest absolute Gasteiger partial charge is 0.508 e. The van der Waals surface area contributed by atoms with Crippen LogP contribution in [0.3, 0.4) is 0 Å². The van der Waals surface area contributed by atoms with E-state index >= 15 is 0 Å². The van der Waals surface area contributed by atoms with Gasteiger partial charge in [-0.2, -0.15) is 0 Å². The quantitative estimate of drug-likeness (QED) is 0.864. The van der Waals surface area contributed by atoms with Gasteiger partial charge in [0, 0.05) is 23.2 Å². The van der Waals surface area contributed by atoms with E-state index < -0.39 is 0 Å². The van der Waals surface area contributed by atoms with Crippen molar-refractivity contribution in [2.24, 2.45) is 5.41 Å². The van der Waals surface area contributed by atoms with E-state index in [-0.39, 0.29) is 5.75 Å². The van der Waals surface area contributed by atoms with Gasteiger partial charge in [-0.1, -0.05) is 44.4 Å². The molecule has 1 aromatic carbocycles. The number of benzene rings is 1. The predicted octanol–water partition coefficient (Wildman–Crippen LogP) is 4.10. The minimum absolute atomic E-state index is 0.281. The molecular weight excluding hydrogens is 246 g/mol. The Labute approximate surface area is 114 Å². The molecule has 1 unspecified atom stereocenters. The fourth-order valence-electron chi connectivity index (χ4n) is 2.82. The standard InChI is InChI=1S/C15H22ClNO/c1-15(2)9-4-3-8-14(15)17-10-11-12(16)6-5-7-13(11)18/h5-7,14,17-18H,3-4,8-10H2,1-2H3. The third kappa shape index (κ3) is 2.99. The summed E-state index contributed by atoms with van der Waals surface area (Å²) in [6.07, 6.45) is 5.08. The lowest BCUT2D eigenvalue weighted by molar-refractivity contribution is 0.166. The fraction of sp³-hybridized carbons (Fsp3) is 0.600. The summed E-state index contributed by atoms with van der Waals surface area (Å²) in [7, 11) is 0. The van der Waals surface area contributed by atoms with E-state index in [1.54, 1.807) is 12.1 Å². The number of aromatic hydroxyl groups is 1. The molecule has 3 heteroatoms. The van der Waals surface area contributed by atoms with Crippen LogP contribution in [0.4, 0.5) is 0 Å². The normalized spacial score (nSPS) is 22.9. The zero-order chi connectivity index (χ0) is 13.2. The molecule has 1 atom stereocenters. The van der Waals surface area contributed by atoms with E-state index in [0.29, 0.717) is 23.0 Å². The van der Waals surface area contributed by atoms with Crippen molar-refractivity contribution >= 4 is 11.6 Å². The summed E-state index contributed by atoms with van der Waals surface area (Å²) in [6, 6.07) is 5.78. The molecule has 2 N–H and O–H groups in total. The average Bonchev–Trinajstić information content (AvgIpc) is 2.30. The van der Waals surface area contributed by atoms with E-state index in [2.05, 4.69) is 19.2 Å².